The number of hydrogen-bond acceptors (Lipinski definition) is 3. The second-order valence-electron chi connectivity index (χ2n) is 5.37. The van der Waals surface area contributed by atoms with E-state index < -0.39 is 0 Å². The second-order valence-corrected chi connectivity index (χ2v) is 5.37. The highest BCUT2D eigenvalue weighted by molar-refractivity contribution is 4.79. The summed E-state index contributed by atoms with van der Waals surface area (Å²) >= 11 is 0. The van der Waals surface area contributed by atoms with Gasteiger partial charge in [-0.1, -0.05) is 20.3 Å². The fourth-order valence-electron chi connectivity index (χ4n) is 2.80. The molecule has 2 unspecified atom stereocenters. The molecule has 17 heavy (non-hydrogen) atoms. The summed E-state index contributed by atoms with van der Waals surface area (Å²) in [6.07, 6.45) is 6.11. The first kappa shape index (κ1) is 14.9. The Balaban J connectivity index is 2.24. The van der Waals surface area contributed by atoms with Gasteiger partial charge in [-0.3, -0.25) is 0 Å². The number of aliphatic hydroxyl groups excluding tert-OH is 1. The number of nitrogens with one attached hydrogen (secondary N) is 1. The van der Waals surface area contributed by atoms with Crippen molar-refractivity contribution in [1.29, 1.82) is 0 Å². The fourth-order valence-corrected chi connectivity index (χ4v) is 2.80. The van der Waals surface area contributed by atoms with E-state index in [9.17, 15) is 0 Å². The van der Waals surface area contributed by atoms with Crippen LogP contribution in [0.5, 0.6) is 0 Å². The van der Waals surface area contributed by atoms with Crippen LogP contribution < -0.4 is 5.32 Å². The van der Waals surface area contributed by atoms with Crippen molar-refractivity contribution in [3.8, 4) is 0 Å². The number of hydrogen-bond donors (Lipinski definition) is 2. The molecule has 1 aliphatic rings. The van der Waals surface area contributed by atoms with Crippen molar-refractivity contribution in [2.45, 2.75) is 52.0 Å². The highest BCUT2D eigenvalue weighted by Crippen LogP contribution is 2.20. The number of nitrogens with zero attached hydrogens (tertiary/aromatic N) is 1. The summed E-state index contributed by atoms with van der Waals surface area (Å²) in [7, 11) is 0. The van der Waals surface area contributed by atoms with Crippen molar-refractivity contribution in [2.75, 3.05) is 32.8 Å². The first-order chi connectivity index (χ1) is 8.30. The molecule has 0 amide bonds. The van der Waals surface area contributed by atoms with Gasteiger partial charge in [-0.15, -0.1) is 0 Å². The van der Waals surface area contributed by atoms with E-state index in [1.165, 1.54) is 38.8 Å². The molecule has 0 aromatic heterocycles. The smallest absolute Gasteiger partial charge is 0.0446 e. The fraction of sp³-hybridized carbons (Fsp3) is 1.00. The van der Waals surface area contributed by atoms with E-state index in [1.807, 2.05) is 0 Å². The Morgan fingerprint density at radius 3 is 2.82 bits per heavy atom. The maximum Gasteiger partial charge on any atom is 0.0446 e. The Hall–Kier alpha value is -0.120. The van der Waals surface area contributed by atoms with Crippen LogP contribution in [0, 0.1) is 5.92 Å². The Bertz CT molecular complexity index is 187. The topological polar surface area (TPSA) is 35.5 Å². The van der Waals surface area contributed by atoms with Gasteiger partial charge in [0, 0.05) is 25.7 Å². The lowest BCUT2D eigenvalue weighted by Gasteiger charge is -2.24. The van der Waals surface area contributed by atoms with Gasteiger partial charge in [-0.2, -0.15) is 0 Å². The zero-order valence-electron chi connectivity index (χ0n) is 11.6. The van der Waals surface area contributed by atoms with Crippen LogP contribution >= 0.6 is 0 Å². The normalized spacial score (nSPS) is 23.1. The van der Waals surface area contributed by atoms with Gasteiger partial charge in [-0.05, 0) is 44.7 Å². The maximum absolute atomic E-state index is 9.09. The molecule has 3 heteroatoms. The van der Waals surface area contributed by atoms with Gasteiger partial charge >= 0.3 is 0 Å². The molecule has 0 aromatic carbocycles. The molecule has 3 nitrogen and oxygen atoms in total. The van der Waals surface area contributed by atoms with Crippen molar-refractivity contribution in [3.05, 3.63) is 0 Å². The Kier molecular flexibility index (Phi) is 7.82. The van der Waals surface area contributed by atoms with Gasteiger partial charge in [0.25, 0.3) is 0 Å². The molecule has 1 rings (SSSR count). The monoisotopic (exact) mass is 242 g/mol. The van der Waals surface area contributed by atoms with Gasteiger partial charge in [-0.25, -0.2) is 0 Å². The lowest BCUT2D eigenvalue weighted by molar-refractivity contribution is 0.225. The zero-order chi connectivity index (χ0) is 12.5. The third-order valence-corrected chi connectivity index (χ3v) is 3.71. The van der Waals surface area contributed by atoms with Gasteiger partial charge in [0.1, 0.15) is 0 Å². The summed E-state index contributed by atoms with van der Waals surface area (Å²) in [4.78, 5) is 2.57. The third-order valence-electron chi connectivity index (χ3n) is 3.71. The number of aliphatic hydroxyl groups is 1. The van der Waals surface area contributed by atoms with E-state index in [2.05, 4.69) is 24.1 Å². The molecule has 102 valence electrons. The average molecular weight is 242 g/mol. The number of rotatable bonds is 9. The van der Waals surface area contributed by atoms with E-state index in [0.29, 0.717) is 12.6 Å². The van der Waals surface area contributed by atoms with Crippen LogP contribution in [-0.2, 0) is 0 Å². The first-order valence-corrected chi connectivity index (χ1v) is 7.36. The molecule has 1 saturated heterocycles. The molecule has 2 atom stereocenters. The highest BCUT2D eigenvalue weighted by Gasteiger charge is 2.23. The molecule has 0 aliphatic carbocycles. The Morgan fingerprint density at radius 1 is 1.35 bits per heavy atom. The van der Waals surface area contributed by atoms with Crippen LogP contribution in [-0.4, -0.2) is 48.8 Å². The minimum Gasteiger partial charge on any atom is -0.396 e. The summed E-state index contributed by atoms with van der Waals surface area (Å²) in [6.45, 7) is 9.46. The van der Waals surface area contributed by atoms with E-state index in [4.69, 9.17) is 5.11 Å². The molecule has 2 N–H and O–H groups in total. The quantitative estimate of drug-likeness (QED) is 0.648. The lowest BCUT2D eigenvalue weighted by atomic mass is 10.0. The predicted octanol–water partition coefficient (Wildman–Crippen LogP) is 1.86. The molecule has 0 spiro atoms. The van der Waals surface area contributed by atoms with Gasteiger partial charge in [0.05, 0.1) is 0 Å². The zero-order valence-corrected chi connectivity index (χ0v) is 11.6. The lowest BCUT2D eigenvalue weighted by Crippen LogP contribution is -2.41. The molecule has 0 bridgehead atoms. The SMILES string of the molecule is CCCNC(CCO)CN1CCC(CCC)C1. The van der Waals surface area contributed by atoms with Crippen LogP contribution in [0.25, 0.3) is 0 Å². The minimum atomic E-state index is 0.299. The van der Waals surface area contributed by atoms with Crippen LogP contribution in [0.1, 0.15) is 46.0 Å². The first-order valence-electron chi connectivity index (χ1n) is 7.36. The van der Waals surface area contributed by atoms with E-state index in [0.717, 1.165) is 25.4 Å². The van der Waals surface area contributed by atoms with Gasteiger partial charge < -0.3 is 15.3 Å². The Morgan fingerprint density at radius 2 is 2.18 bits per heavy atom. The average Bonchev–Trinajstić information content (AvgIpc) is 2.74. The summed E-state index contributed by atoms with van der Waals surface area (Å²) in [5.74, 6) is 0.918. The second kappa shape index (κ2) is 8.90. The highest BCUT2D eigenvalue weighted by atomic mass is 16.3. The molecule has 1 fully saturated rings. The molecule has 1 heterocycles. The Labute approximate surface area is 107 Å². The third kappa shape index (κ3) is 5.84. The summed E-state index contributed by atoms with van der Waals surface area (Å²) in [5.41, 5.74) is 0. The van der Waals surface area contributed by atoms with Crippen molar-refractivity contribution >= 4 is 0 Å². The van der Waals surface area contributed by atoms with Crippen LogP contribution in [0.15, 0.2) is 0 Å². The minimum absolute atomic E-state index is 0.299. The largest absolute Gasteiger partial charge is 0.396 e. The molecule has 0 radical (unpaired) electrons. The van der Waals surface area contributed by atoms with Crippen LogP contribution in [0.4, 0.5) is 0 Å². The van der Waals surface area contributed by atoms with Crippen LogP contribution in [0.3, 0.4) is 0 Å². The van der Waals surface area contributed by atoms with Gasteiger partial charge in [0.2, 0.25) is 0 Å². The van der Waals surface area contributed by atoms with E-state index in [-0.39, 0.29) is 0 Å². The summed E-state index contributed by atoms with van der Waals surface area (Å²) < 4.78 is 0. The molecule has 0 saturated carbocycles. The maximum atomic E-state index is 9.09. The van der Waals surface area contributed by atoms with Crippen molar-refractivity contribution < 1.29 is 5.11 Å². The number of likely N-dealkylation sites (tertiary alicyclic amines) is 1. The van der Waals surface area contributed by atoms with Crippen molar-refractivity contribution in [3.63, 3.8) is 0 Å². The molecule has 1 aliphatic heterocycles. The molecular formula is C14H30N2O. The van der Waals surface area contributed by atoms with Crippen molar-refractivity contribution in [1.82, 2.24) is 10.2 Å². The molecule has 0 aromatic rings. The molecular weight excluding hydrogens is 212 g/mol. The summed E-state index contributed by atoms with van der Waals surface area (Å²) in [5, 5.41) is 12.6. The summed E-state index contributed by atoms with van der Waals surface area (Å²) in [6, 6.07) is 0.473. The van der Waals surface area contributed by atoms with Gasteiger partial charge in [0.15, 0.2) is 0 Å². The van der Waals surface area contributed by atoms with Crippen molar-refractivity contribution in [2.24, 2.45) is 5.92 Å². The van der Waals surface area contributed by atoms with E-state index >= 15 is 0 Å². The predicted molar refractivity (Wildman–Crippen MR) is 73.2 cm³/mol. The standard InChI is InChI=1S/C14H30N2O/c1-3-5-13-6-9-16(11-13)12-14(7-10-17)15-8-4-2/h13-15,17H,3-12H2,1-2H3. The van der Waals surface area contributed by atoms with Crippen LogP contribution in [0.2, 0.25) is 0 Å². The van der Waals surface area contributed by atoms with E-state index in [1.54, 1.807) is 0 Å².